The summed E-state index contributed by atoms with van der Waals surface area (Å²) in [6, 6.07) is 23.1. The first-order valence-corrected chi connectivity index (χ1v) is 9.96. The summed E-state index contributed by atoms with van der Waals surface area (Å²) in [6.07, 6.45) is 0. The normalized spacial score (nSPS) is 10.6. The van der Waals surface area contributed by atoms with Gasteiger partial charge in [-0.15, -0.1) is 0 Å². The third-order valence-electron chi connectivity index (χ3n) is 4.51. The molecular weight excluding hydrogens is 382 g/mol. The number of fused-ring (bicyclic) bond motifs is 2. The molecule has 29 heavy (non-hydrogen) atoms. The van der Waals surface area contributed by atoms with Gasteiger partial charge in [-0.2, -0.15) is 5.26 Å². The fourth-order valence-electron chi connectivity index (χ4n) is 3.11. The van der Waals surface area contributed by atoms with Crippen LogP contribution in [0.1, 0.15) is 5.56 Å². The van der Waals surface area contributed by atoms with Crippen LogP contribution in [-0.4, -0.2) is 23.8 Å². The molecular formula is C23H17N3O2S. The average molecular weight is 399 g/mol. The maximum Gasteiger partial charge on any atom is 0.234 e. The maximum absolute atomic E-state index is 12.5. The Morgan fingerprint density at radius 1 is 1.10 bits per heavy atom. The number of aromatic nitrogens is 1. The van der Waals surface area contributed by atoms with E-state index >= 15 is 0 Å². The number of carbonyl (C=O) groups is 1. The molecule has 1 N–H and O–H groups in total. The molecule has 0 unspecified atom stereocenters. The van der Waals surface area contributed by atoms with Crippen molar-refractivity contribution < 1.29 is 9.53 Å². The van der Waals surface area contributed by atoms with Crippen LogP contribution < -0.4 is 10.1 Å². The summed E-state index contributed by atoms with van der Waals surface area (Å²) in [5.74, 6) is 0.719. The molecule has 4 aromatic rings. The second-order valence-corrected chi connectivity index (χ2v) is 7.34. The van der Waals surface area contributed by atoms with Crippen LogP contribution in [-0.2, 0) is 4.79 Å². The lowest BCUT2D eigenvalue weighted by Gasteiger charge is -2.09. The van der Waals surface area contributed by atoms with Crippen LogP contribution in [0.5, 0.6) is 5.75 Å². The molecule has 0 bridgehead atoms. The van der Waals surface area contributed by atoms with E-state index in [0.717, 1.165) is 27.4 Å². The standard InChI is InChI=1S/C23H17N3O2S/c1-28-18-9-10-20-16(12-18)11-17(13-24)23(26-20)29-14-22(27)25-21-8-4-6-15-5-2-3-7-19(15)21/h2-12H,14H2,1H3,(H,25,27). The zero-order valence-electron chi connectivity index (χ0n) is 15.7. The molecule has 6 heteroatoms. The van der Waals surface area contributed by atoms with Crippen LogP contribution in [0.15, 0.2) is 71.8 Å². The molecule has 142 valence electrons. The molecule has 1 aromatic heterocycles. The van der Waals surface area contributed by atoms with Gasteiger partial charge in [-0.25, -0.2) is 4.98 Å². The summed E-state index contributed by atoms with van der Waals surface area (Å²) in [7, 11) is 1.60. The fraction of sp³-hybridized carbons (Fsp3) is 0.0870. The summed E-state index contributed by atoms with van der Waals surface area (Å²) in [6.45, 7) is 0. The van der Waals surface area contributed by atoms with Crippen LogP contribution in [0, 0.1) is 11.3 Å². The smallest absolute Gasteiger partial charge is 0.234 e. The average Bonchev–Trinajstić information content (AvgIpc) is 2.76. The molecule has 0 atom stereocenters. The highest BCUT2D eigenvalue weighted by Gasteiger charge is 2.12. The molecule has 0 aliphatic heterocycles. The van der Waals surface area contributed by atoms with Crippen molar-refractivity contribution in [3.63, 3.8) is 0 Å². The van der Waals surface area contributed by atoms with Gasteiger partial charge in [-0.05, 0) is 35.7 Å². The number of amides is 1. The Morgan fingerprint density at radius 3 is 2.76 bits per heavy atom. The number of anilines is 1. The van der Waals surface area contributed by atoms with Crippen molar-refractivity contribution in [3.8, 4) is 11.8 Å². The molecule has 5 nitrogen and oxygen atoms in total. The Bertz CT molecular complexity index is 1260. The van der Waals surface area contributed by atoms with Gasteiger partial charge < -0.3 is 10.1 Å². The van der Waals surface area contributed by atoms with Gasteiger partial charge in [-0.3, -0.25) is 4.79 Å². The van der Waals surface area contributed by atoms with Crippen molar-refractivity contribution in [2.75, 3.05) is 18.2 Å². The number of thioether (sulfide) groups is 1. The molecule has 0 saturated carbocycles. The topological polar surface area (TPSA) is 75.0 Å². The van der Waals surface area contributed by atoms with Crippen molar-refractivity contribution >= 4 is 45.0 Å². The predicted molar refractivity (Wildman–Crippen MR) is 116 cm³/mol. The van der Waals surface area contributed by atoms with E-state index in [9.17, 15) is 10.1 Å². The third kappa shape index (κ3) is 4.00. The lowest BCUT2D eigenvalue weighted by atomic mass is 10.1. The number of nitrogens with zero attached hydrogens (tertiary/aromatic N) is 2. The van der Waals surface area contributed by atoms with Gasteiger partial charge in [0.2, 0.25) is 5.91 Å². The summed E-state index contributed by atoms with van der Waals surface area (Å²) in [5, 5.41) is 15.9. The van der Waals surface area contributed by atoms with Gasteiger partial charge in [-0.1, -0.05) is 48.2 Å². The first-order chi connectivity index (χ1) is 14.2. The fourth-order valence-corrected chi connectivity index (χ4v) is 3.87. The van der Waals surface area contributed by atoms with Crippen molar-refractivity contribution in [1.29, 1.82) is 5.26 Å². The molecule has 0 fully saturated rings. The molecule has 1 heterocycles. The number of carbonyl (C=O) groups excluding carboxylic acids is 1. The highest BCUT2D eigenvalue weighted by molar-refractivity contribution is 8.00. The lowest BCUT2D eigenvalue weighted by Crippen LogP contribution is -2.14. The van der Waals surface area contributed by atoms with E-state index in [0.29, 0.717) is 16.3 Å². The van der Waals surface area contributed by atoms with Crippen molar-refractivity contribution in [3.05, 3.63) is 72.3 Å². The van der Waals surface area contributed by atoms with E-state index in [1.165, 1.54) is 11.8 Å². The number of ether oxygens (including phenoxy) is 1. The number of methoxy groups -OCH3 is 1. The molecule has 0 aliphatic rings. The first-order valence-electron chi connectivity index (χ1n) is 8.97. The molecule has 0 spiro atoms. The number of hydrogen-bond donors (Lipinski definition) is 1. The van der Waals surface area contributed by atoms with Gasteiger partial charge in [0.15, 0.2) is 0 Å². The van der Waals surface area contributed by atoms with E-state index in [-0.39, 0.29) is 11.7 Å². The Balaban J connectivity index is 1.53. The molecule has 0 radical (unpaired) electrons. The minimum absolute atomic E-state index is 0.146. The van der Waals surface area contributed by atoms with Gasteiger partial charge in [0.25, 0.3) is 0 Å². The van der Waals surface area contributed by atoms with Crippen molar-refractivity contribution in [1.82, 2.24) is 4.98 Å². The van der Waals surface area contributed by atoms with Crippen LogP contribution in [0.3, 0.4) is 0 Å². The minimum atomic E-state index is -0.146. The van der Waals surface area contributed by atoms with E-state index in [2.05, 4.69) is 16.4 Å². The Morgan fingerprint density at radius 2 is 1.93 bits per heavy atom. The van der Waals surface area contributed by atoms with E-state index in [4.69, 9.17) is 4.74 Å². The van der Waals surface area contributed by atoms with E-state index in [1.807, 2.05) is 60.7 Å². The zero-order chi connectivity index (χ0) is 20.2. The van der Waals surface area contributed by atoms with Crippen LogP contribution >= 0.6 is 11.8 Å². The van der Waals surface area contributed by atoms with Gasteiger partial charge in [0.1, 0.15) is 16.8 Å². The van der Waals surface area contributed by atoms with E-state index < -0.39 is 0 Å². The largest absolute Gasteiger partial charge is 0.497 e. The van der Waals surface area contributed by atoms with Crippen molar-refractivity contribution in [2.45, 2.75) is 5.03 Å². The zero-order valence-corrected chi connectivity index (χ0v) is 16.5. The maximum atomic E-state index is 12.5. The highest BCUT2D eigenvalue weighted by Crippen LogP contribution is 2.28. The highest BCUT2D eigenvalue weighted by atomic mass is 32.2. The number of rotatable bonds is 5. The monoisotopic (exact) mass is 399 g/mol. The molecule has 4 rings (SSSR count). The van der Waals surface area contributed by atoms with Gasteiger partial charge in [0.05, 0.1) is 23.9 Å². The second kappa shape index (κ2) is 8.21. The van der Waals surface area contributed by atoms with Gasteiger partial charge >= 0.3 is 0 Å². The summed E-state index contributed by atoms with van der Waals surface area (Å²) >= 11 is 1.25. The second-order valence-electron chi connectivity index (χ2n) is 6.38. The number of hydrogen-bond acceptors (Lipinski definition) is 5. The number of benzene rings is 3. The predicted octanol–water partition coefficient (Wildman–Crippen LogP) is 5.00. The van der Waals surface area contributed by atoms with E-state index in [1.54, 1.807) is 13.2 Å². The number of nitriles is 1. The summed E-state index contributed by atoms with van der Waals surface area (Å²) in [4.78, 5) is 17.1. The lowest BCUT2D eigenvalue weighted by molar-refractivity contribution is -0.113. The molecule has 3 aromatic carbocycles. The molecule has 0 aliphatic carbocycles. The minimum Gasteiger partial charge on any atom is -0.497 e. The van der Waals surface area contributed by atoms with Crippen LogP contribution in [0.4, 0.5) is 5.69 Å². The quantitative estimate of drug-likeness (QED) is 0.478. The molecule has 0 saturated heterocycles. The molecule has 1 amide bonds. The van der Waals surface area contributed by atoms with Gasteiger partial charge in [0, 0.05) is 16.5 Å². The number of nitrogens with one attached hydrogen (secondary N) is 1. The summed E-state index contributed by atoms with van der Waals surface area (Å²) < 4.78 is 5.22. The third-order valence-corrected chi connectivity index (χ3v) is 5.50. The van der Waals surface area contributed by atoms with Crippen LogP contribution in [0.25, 0.3) is 21.7 Å². The Kier molecular flexibility index (Phi) is 5.32. The Hall–Kier alpha value is -3.56. The summed E-state index contributed by atoms with van der Waals surface area (Å²) in [5.41, 5.74) is 1.96. The first kappa shape index (κ1) is 18.8. The van der Waals surface area contributed by atoms with Crippen molar-refractivity contribution in [2.24, 2.45) is 0 Å². The Labute approximate surface area is 172 Å². The van der Waals surface area contributed by atoms with Crippen LogP contribution in [0.2, 0.25) is 0 Å². The number of pyridine rings is 1. The SMILES string of the molecule is COc1ccc2nc(SCC(=O)Nc3cccc4ccccc34)c(C#N)cc2c1.